The Bertz CT molecular complexity index is 255. The first-order valence-corrected chi connectivity index (χ1v) is 6.38. The van der Waals surface area contributed by atoms with Crippen LogP contribution in [0.2, 0.25) is 0 Å². The Balaban J connectivity index is -0.000000853. The third-order valence-corrected chi connectivity index (χ3v) is 3.28. The van der Waals surface area contributed by atoms with Gasteiger partial charge in [-0.15, -0.1) is 0 Å². The van der Waals surface area contributed by atoms with Crippen LogP contribution in [0, 0.1) is 10.1 Å². The van der Waals surface area contributed by atoms with Gasteiger partial charge in [0.25, 0.3) is 6.04 Å². The fourth-order valence-corrected chi connectivity index (χ4v) is 2.25. The first-order valence-electron chi connectivity index (χ1n) is 6.38. The van der Waals surface area contributed by atoms with Crippen molar-refractivity contribution in [1.29, 1.82) is 0 Å². The number of carbonyl (C=O) groups is 1. The quantitative estimate of drug-likeness (QED) is 0.418. The van der Waals surface area contributed by atoms with E-state index in [0.717, 1.165) is 38.5 Å². The summed E-state index contributed by atoms with van der Waals surface area (Å²) in [5.41, 5.74) is 0. The molecule has 4 nitrogen and oxygen atoms in total. The van der Waals surface area contributed by atoms with E-state index in [4.69, 9.17) is 0 Å². The molecule has 0 heterocycles. The van der Waals surface area contributed by atoms with E-state index >= 15 is 0 Å². The molecule has 0 aromatic rings. The molecular formula is C12H23CaNO3. The molecule has 0 saturated heterocycles. The number of nitrogens with zero attached hydrogens (tertiary/aromatic N) is 1. The molecule has 1 atom stereocenters. The van der Waals surface area contributed by atoms with Crippen molar-refractivity contribution in [2.75, 3.05) is 0 Å². The monoisotopic (exact) mass is 269 g/mol. The molecule has 1 saturated carbocycles. The molecule has 5 heteroatoms. The van der Waals surface area contributed by atoms with Crippen LogP contribution in [0.4, 0.5) is 0 Å². The number of Topliss-reactive ketones (excluding diaryl/α,β-unsaturated/α-hetero) is 1. The smallest absolute Gasteiger partial charge is 1.00 e. The predicted molar refractivity (Wildman–Crippen MR) is 69.9 cm³/mol. The molecule has 0 spiro atoms. The third kappa shape index (κ3) is 7.37. The maximum Gasteiger partial charge on any atom is 2.00 e. The third-order valence-electron chi connectivity index (χ3n) is 3.28. The van der Waals surface area contributed by atoms with Crippen molar-refractivity contribution in [3.8, 4) is 0 Å². The summed E-state index contributed by atoms with van der Waals surface area (Å²) in [6.45, 7) is 0. The molecular weight excluding hydrogens is 246 g/mol. The first-order chi connectivity index (χ1) is 7.72. The molecule has 1 aliphatic carbocycles. The second kappa shape index (κ2) is 10.3. The van der Waals surface area contributed by atoms with Crippen molar-refractivity contribution in [3.05, 3.63) is 10.1 Å². The van der Waals surface area contributed by atoms with Crippen molar-refractivity contribution in [3.63, 3.8) is 0 Å². The zero-order chi connectivity index (χ0) is 11.8. The fourth-order valence-electron chi connectivity index (χ4n) is 2.25. The maximum absolute atomic E-state index is 11.6. The summed E-state index contributed by atoms with van der Waals surface area (Å²) in [5.74, 6) is -0.162. The van der Waals surface area contributed by atoms with Crippen molar-refractivity contribution in [2.24, 2.45) is 0 Å². The zero-order valence-corrected chi connectivity index (χ0v) is 12.7. The van der Waals surface area contributed by atoms with Gasteiger partial charge < -0.3 is 2.85 Å². The van der Waals surface area contributed by atoms with Gasteiger partial charge in [0.15, 0.2) is 0 Å². The van der Waals surface area contributed by atoms with Crippen LogP contribution in [-0.2, 0) is 4.79 Å². The van der Waals surface area contributed by atoms with Crippen LogP contribution in [0.25, 0.3) is 0 Å². The summed E-state index contributed by atoms with van der Waals surface area (Å²) in [5, 5.41) is 10.8. The summed E-state index contributed by atoms with van der Waals surface area (Å²) >= 11 is 0. The molecule has 0 aromatic carbocycles. The minimum atomic E-state index is -0.931. The summed E-state index contributed by atoms with van der Waals surface area (Å²) < 4.78 is 0. The standard InChI is InChI=1S/C12H21NO3.Ca.2H/c14-12-10-8-6-4-2-1-3-5-7-9-11(12)13(15)16;;;/h11H,1-10H2;;;/q;+2;2*-1. The van der Waals surface area contributed by atoms with E-state index in [9.17, 15) is 14.9 Å². The molecule has 1 unspecified atom stereocenters. The molecule has 0 amide bonds. The van der Waals surface area contributed by atoms with Gasteiger partial charge in [-0.3, -0.25) is 14.9 Å². The summed E-state index contributed by atoms with van der Waals surface area (Å²) in [6.07, 6.45) is 9.32. The van der Waals surface area contributed by atoms with Gasteiger partial charge in [0.05, 0.1) is 0 Å². The minimum Gasteiger partial charge on any atom is -1.00 e. The normalized spacial score (nSPS) is 24.0. The van der Waals surface area contributed by atoms with Crippen molar-refractivity contribution in [1.82, 2.24) is 0 Å². The van der Waals surface area contributed by atoms with Gasteiger partial charge in [0.1, 0.15) is 0 Å². The molecule has 0 aliphatic heterocycles. The second-order valence-electron chi connectivity index (χ2n) is 4.63. The Kier molecular flexibility index (Phi) is 10.5. The van der Waals surface area contributed by atoms with Crippen LogP contribution < -0.4 is 0 Å². The minimum absolute atomic E-state index is 0. The Labute approximate surface area is 136 Å². The van der Waals surface area contributed by atoms with E-state index in [-0.39, 0.29) is 46.4 Å². The molecule has 0 N–H and O–H groups in total. The fraction of sp³-hybridized carbons (Fsp3) is 0.917. The second-order valence-corrected chi connectivity index (χ2v) is 4.63. The van der Waals surface area contributed by atoms with Crippen molar-refractivity contribution < 1.29 is 12.6 Å². The van der Waals surface area contributed by atoms with Gasteiger partial charge in [-0.05, 0) is 12.8 Å². The number of carbonyl (C=O) groups excluding carboxylic acids is 1. The van der Waals surface area contributed by atoms with Crippen LogP contribution in [0.3, 0.4) is 0 Å². The van der Waals surface area contributed by atoms with Crippen LogP contribution in [0.5, 0.6) is 0 Å². The number of ketones is 1. The van der Waals surface area contributed by atoms with Gasteiger partial charge in [0, 0.05) is 17.8 Å². The molecule has 1 fully saturated rings. The molecule has 0 bridgehead atoms. The van der Waals surface area contributed by atoms with Crippen LogP contribution in [0.1, 0.15) is 67.1 Å². The van der Waals surface area contributed by atoms with Gasteiger partial charge in [-0.25, -0.2) is 0 Å². The number of hydrogen-bond acceptors (Lipinski definition) is 3. The van der Waals surface area contributed by atoms with Gasteiger partial charge in [-0.2, -0.15) is 0 Å². The van der Waals surface area contributed by atoms with Crippen molar-refractivity contribution in [2.45, 2.75) is 70.3 Å². The molecule has 0 aromatic heterocycles. The van der Waals surface area contributed by atoms with Crippen LogP contribution in [0.15, 0.2) is 0 Å². The summed E-state index contributed by atoms with van der Waals surface area (Å²) in [7, 11) is 0. The van der Waals surface area contributed by atoms with E-state index in [1.54, 1.807) is 0 Å². The zero-order valence-electron chi connectivity index (χ0n) is 12.5. The molecule has 17 heavy (non-hydrogen) atoms. The largest absolute Gasteiger partial charge is 2.00 e. The van der Waals surface area contributed by atoms with Crippen LogP contribution >= 0.6 is 0 Å². The first kappa shape index (κ1) is 17.3. The molecule has 1 rings (SSSR count). The Morgan fingerprint density at radius 1 is 1.00 bits per heavy atom. The SMILES string of the molecule is O=C1CCCCCCCCCCC1[N+](=O)[O-].[Ca+2].[H-].[H-]. The molecule has 1 aliphatic rings. The van der Waals surface area contributed by atoms with E-state index < -0.39 is 11.0 Å². The number of nitro groups is 1. The van der Waals surface area contributed by atoms with Gasteiger partial charge in [-0.1, -0.05) is 38.5 Å². The van der Waals surface area contributed by atoms with Gasteiger partial charge in [0.2, 0.25) is 5.78 Å². The van der Waals surface area contributed by atoms with E-state index in [2.05, 4.69) is 0 Å². The molecule has 96 valence electrons. The van der Waals surface area contributed by atoms with E-state index in [1.165, 1.54) is 12.8 Å². The summed E-state index contributed by atoms with van der Waals surface area (Å²) in [6, 6.07) is -0.931. The van der Waals surface area contributed by atoms with E-state index in [0.29, 0.717) is 12.8 Å². The topological polar surface area (TPSA) is 60.2 Å². The Morgan fingerprint density at radius 2 is 1.47 bits per heavy atom. The van der Waals surface area contributed by atoms with Crippen molar-refractivity contribution >= 4 is 43.5 Å². The number of hydrogen-bond donors (Lipinski definition) is 0. The van der Waals surface area contributed by atoms with E-state index in [1.807, 2.05) is 0 Å². The Hall–Kier alpha value is 0.330. The predicted octanol–water partition coefficient (Wildman–Crippen LogP) is 2.96. The molecule has 0 radical (unpaired) electrons. The number of rotatable bonds is 1. The van der Waals surface area contributed by atoms with Gasteiger partial charge >= 0.3 is 37.7 Å². The average Bonchev–Trinajstić information content (AvgIpc) is 2.22. The van der Waals surface area contributed by atoms with Crippen LogP contribution in [-0.4, -0.2) is 54.5 Å². The Morgan fingerprint density at radius 3 is 2.00 bits per heavy atom. The average molecular weight is 269 g/mol. The summed E-state index contributed by atoms with van der Waals surface area (Å²) in [4.78, 5) is 22.0. The maximum atomic E-state index is 11.6.